The van der Waals surface area contributed by atoms with Gasteiger partial charge in [-0.25, -0.2) is 0 Å². The van der Waals surface area contributed by atoms with Crippen molar-refractivity contribution in [1.82, 2.24) is 0 Å². The fourth-order valence-corrected chi connectivity index (χ4v) is 6.76. The summed E-state index contributed by atoms with van der Waals surface area (Å²) in [7, 11) is 9.36. The zero-order chi connectivity index (χ0) is 38.2. The molecule has 0 unspecified atom stereocenters. The standard InChI is InChI=1S/C16H16O3S.C15H14O4S.C9H12O2S/c1-11-9-13(10-14(18-2)15(11)19-3)20-16(17)12-7-5-4-6-8-12;1-18-13-9-11(8-12(16)14(13)19-2)20-15(17)10-6-4-3-5-7-10;1-6-4-7(12)5-8(10-2)9(6)11-3/h4-10H,1-3H3;3-9,16H,1-2H3;4-5,12H,1-3H3. The molecule has 9 nitrogen and oxygen atoms in total. The first-order valence-corrected chi connectivity index (χ1v) is 17.7. The van der Waals surface area contributed by atoms with Crippen molar-refractivity contribution in [2.24, 2.45) is 0 Å². The molecule has 0 atom stereocenters. The van der Waals surface area contributed by atoms with Crippen LogP contribution >= 0.6 is 36.2 Å². The molecule has 0 radical (unpaired) electrons. The van der Waals surface area contributed by atoms with Crippen LogP contribution in [0.5, 0.6) is 40.2 Å². The van der Waals surface area contributed by atoms with Gasteiger partial charge in [-0.05, 0) is 84.9 Å². The molecule has 0 fully saturated rings. The van der Waals surface area contributed by atoms with Crippen LogP contribution < -0.4 is 28.4 Å². The maximum absolute atomic E-state index is 12.2. The van der Waals surface area contributed by atoms with Crippen LogP contribution in [0.25, 0.3) is 0 Å². The fourth-order valence-electron chi connectivity index (χ4n) is 4.78. The summed E-state index contributed by atoms with van der Waals surface area (Å²) >= 11 is 6.44. The number of ether oxygens (including phenoxy) is 6. The van der Waals surface area contributed by atoms with Crippen LogP contribution in [0, 0.1) is 13.8 Å². The lowest BCUT2D eigenvalue weighted by Gasteiger charge is -2.12. The third-order valence-electron chi connectivity index (χ3n) is 7.16. The van der Waals surface area contributed by atoms with Gasteiger partial charge in [-0.3, -0.25) is 9.59 Å². The minimum absolute atomic E-state index is 0.0113. The molecular weight excluding hydrogens is 721 g/mol. The number of methoxy groups -OCH3 is 6. The van der Waals surface area contributed by atoms with Crippen molar-refractivity contribution in [2.75, 3.05) is 42.7 Å². The van der Waals surface area contributed by atoms with E-state index in [-0.39, 0.29) is 21.7 Å². The Morgan fingerprint density at radius 1 is 0.519 bits per heavy atom. The quantitative estimate of drug-likeness (QED) is 0.105. The minimum Gasteiger partial charge on any atom is -0.504 e. The van der Waals surface area contributed by atoms with Crippen LogP contribution in [0.2, 0.25) is 0 Å². The van der Waals surface area contributed by atoms with Crippen LogP contribution in [0.3, 0.4) is 0 Å². The summed E-state index contributed by atoms with van der Waals surface area (Å²) in [6, 6.07) is 28.8. The summed E-state index contributed by atoms with van der Waals surface area (Å²) in [5.74, 6) is 3.41. The third-order valence-corrected chi connectivity index (χ3v) is 9.20. The number of thioether (sulfide) groups is 2. The van der Waals surface area contributed by atoms with E-state index in [0.29, 0.717) is 33.3 Å². The Kier molecular flexibility index (Phi) is 16.6. The van der Waals surface area contributed by atoms with Crippen molar-refractivity contribution in [3.05, 3.63) is 119 Å². The third kappa shape index (κ3) is 11.6. The Bertz CT molecular complexity index is 1820. The zero-order valence-electron chi connectivity index (χ0n) is 30.2. The topological polar surface area (TPSA) is 110 Å². The van der Waals surface area contributed by atoms with E-state index in [4.69, 9.17) is 28.4 Å². The predicted molar refractivity (Wildman–Crippen MR) is 210 cm³/mol. The summed E-state index contributed by atoms with van der Waals surface area (Å²) < 4.78 is 31.1. The Balaban J connectivity index is 0.000000218. The number of phenols is 1. The molecule has 5 aromatic rings. The predicted octanol–water partition coefficient (Wildman–Crippen LogP) is 9.59. The number of hydrogen-bond acceptors (Lipinski definition) is 12. The average molecular weight is 763 g/mol. The molecule has 5 aromatic carbocycles. The summed E-state index contributed by atoms with van der Waals surface area (Å²) in [5.41, 5.74) is 3.26. The number of aryl methyl sites for hydroxylation is 2. The maximum atomic E-state index is 12.2. The van der Waals surface area contributed by atoms with Gasteiger partial charge in [0.05, 0.1) is 42.7 Å². The second-order valence-corrected chi connectivity index (χ2v) is 13.3. The first-order valence-electron chi connectivity index (χ1n) is 15.6. The molecular formula is C40H42O9S3. The molecule has 0 heterocycles. The number of phenolic OH excluding ortho intramolecular Hbond substituents is 1. The van der Waals surface area contributed by atoms with E-state index in [9.17, 15) is 14.7 Å². The molecule has 0 aliphatic rings. The highest BCUT2D eigenvalue weighted by atomic mass is 32.2. The van der Waals surface area contributed by atoms with Gasteiger partial charge in [-0.15, -0.1) is 12.6 Å². The lowest BCUT2D eigenvalue weighted by Crippen LogP contribution is -1.96. The maximum Gasteiger partial charge on any atom is 0.224 e. The normalized spacial score (nSPS) is 10.0. The van der Waals surface area contributed by atoms with E-state index < -0.39 is 0 Å². The first-order chi connectivity index (χ1) is 25.0. The van der Waals surface area contributed by atoms with Gasteiger partial charge in [0.15, 0.2) is 34.5 Å². The lowest BCUT2D eigenvalue weighted by molar-refractivity contribution is 0.108. The Morgan fingerprint density at radius 3 is 1.33 bits per heavy atom. The number of carbonyl (C=O) groups is 2. The molecule has 52 heavy (non-hydrogen) atoms. The van der Waals surface area contributed by atoms with Gasteiger partial charge in [-0.1, -0.05) is 60.7 Å². The van der Waals surface area contributed by atoms with Crippen LogP contribution in [-0.4, -0.2) is 58.0 Å². The van der Waals surface area contributed by atoms with Crippen molar-refractivity contribution in [2.45, 2.75) is 28.5 Å². The molecule has 0 saturated heterocycles. The van der Waals surface area contributed by atoms with Crippen LogP contribution in [0.15, 0.2) is 112 Å². The molecule has 274 valence electrons. The van der Waals surface area contributed by atoms with Gasteiger partial charge in [0.1, 0.15) is 0 Å². The monoisotopic (exact) mass is 762 g/mol. The molecule has 12 heteroatoms. The highest BCUT2D eigenvalue weighted by Gasteiger charge is 2.16. The van der Waals surface area contributed by atoms with E-state index in [2.05, 4.69) is 12.6 Å². The molecule has 0 aliphatic heterocycles. The number of rotatable bonds is 10. The summed E-state index contributed by atoms with van der Waals surface area (Å²) in [6.45, 7) is 3.89. The van der Waals surface area contributed by atoms with Crippen molar-refractivity contribution in [3.8, 4) is 40.2 Å². The minimum atomic E-state index is -0.0998. The van der Waals surface area contributed by atoms with Crippen molar-refractivity contribution < 1.29 is 43.1 Å². The van der Waals surface area contributed by atoms with Crippen molar-refractivity contribution in [1.29, 1.82) is 0 Å². The summed E-state index contributed by atoms with van der Waals surface area (Å²) in [6.07, 6.45) is 0. The average Bonchev–Trinajstić information content (AvgIpc) is 3.15. The Labute approximate surface area is 319 Å². The van der Waals surface area contributed by atoms with Gasteiger partial charge in [-0.2, -0.15) is 0 Å². The number of aromatic hydroxyl groups is 1. The number of carbonyl (C=O) groups excluding carboxylic acids is 2. The van der Waals surface area contributed by atoms with E-state index in [1.165, 1.54) is 32.0 Å². The number of hydrogen-bond donors (Lipinski definition) is 2. The lowest BCUT2D eigenvalue weighted by atomic mass is 10.2. The molecule has 0 amide bonds. The summed E-state index contributed by atoms with van der Waals surface area (Å²) in [4.78, 5) is 26.6. The van der Waals surface area contributed by atoms with Crippen molar-refractivity contribution in [3.63, 3.8) is 0 Å². The van der Waals surface area contributed by atoms with E-state index in [0.717, 1.165) is 44.2 Å². The molecule has 0 aliphatic carbocycles. The van der Waals surface area contributed by atoms with Gasteiger partial charge in [0.25, 0.3) is 0 Å². The highest BCUT2D eigenvalue weighted by molar-refractivity contribution is 8.14. The molecule has 0 bridgehead atoms. The second-order valence-electron chi connectivity index (χ2n) is 10.7. The molecule has 0 spiro atoms. The van der Waals surface area contributed by atoms with E-state index in [1.807, 2.05) is 74.5 Å². The van der Waals surface area contributed by atoms with Crippen LogP contribution in [0.1, 0.15) is 31.8 Å². The number of benzene rings is 5. The largest absolute Gasteiger partial charge is 0.504 e. The fraction of sp³-hybridized carbons (Fsp3) is 0.200. The van der Waals surface area contributed by atoms with E-state index in [1.54, 1.807) is 58.8 Å². The smallest absolute Gasteiger partial charge is 0.224 e. The van der Waals surface area contributed by atoms with Gasteiger partial charge >= 0.3 is 0 Å². The van der Waals surface area contributed by atoms with Crippen LogP contribution in [-0.2, 0) is 0 Å². The van der Waals surface area contributed by atoms with Gasteiger partial charge in [0.2, 0.25) is 16.0 Å². The van der Waals surface area contributed by atoms with Crippen LogP contribution in [0.4, 0.5) is 0 Å². The van der Waals surface area contributed by atoms with Crippen molar-refractivity contribution >= 4 is 46.4 Å². The van der Waals surface area contributed by atoms with Gasteiger partial charge in [0, 0.05) is 25.8 Å². The highest BCUT2D eigenvalue weighted by Crippen LogP contribution is 2.41. The molecule has 5 rings (SSSR count). The van der Waals surface area contributed by atoms with E-state index >= 15 is 0 Å². The molecule has 0 aromatic heterocycles. The SMILES string of the molecule is COc1cc(S)cc(C)c1OC.COc1cc(SC(=O)c2ccccc2)cc(C)c1OC.COc1cc(SC(=O)c2ccccc2)cc(O)c1OC. The summed E-state index contributed by atoms with van der Waals surface area (Å²) in [5, 5.41) is 9.77. The zero-order valence-corrected chi connectivity index (χ0v) is 32.7. The first kappa shape index (κ1) is 41.5. The molecule has 1 N–H and O–H groups in total. The molecule has 0 saturated carbocycles. The number of thiol groups is 1. The Hall–Kier alpha value is -4.91. The Morgan fingerprint density at radius 2 is 0.904 bits per heavy atom. The van der Waals surface area contributed by atoms with Gasteiger partial charge < -0.3 is 33.5 Å². The second kappa shape index (κ2) is 20.8.